The Morgan fingerprint density at radius 3 is 2.49 bits per heavy atom. The van der Waals surface area contributed by atoms with Gasteiger partial charge in [0.1, 0.15) is 5.75 Å². The molecule has 0 unspecified atom stereocenters. The summed E-state index contributed by atoms with van der Waals surface area (Å²) in [6, 6.07) is 13.7. The summed E-state index contributed by atoms with van der Waals surface area (Å²) in [5.41, 5.74) is 10.9. The lowest BCUT2D eigenvalue weighted by atomic mass is 10.1. The summed E-state index contributed by atoms with van der Waals surface area (Å²) in [6.45, 7) is 4.49. The van der Waals surface area contributed by atoms with Crippen LogP contribution in [0.2, 0.25) is 0 Å². The number of hydrogen-bond acceptors (Lipinski definition) is 5. The van der Waals surface area contributed by atoms with E-state index in [4.69, 9.17) is 15.2 Å². The third-order valence-electron chi connectivity index (χ3n) is 6.27. The number of fused-ring (bicyclic) bond motifs is 1. The van der Waals surface area contributed by atoms with Crippen LogP contribution < -0.4 is 21.1 Å². The largest absolute Gasteiger partial charge is 0.484 e. The van der Waals surface area contributed by atoms with Gasteiger partial charge in [-0.3, -0.25) is 10.1 Å². The van der Waals surface area contributed by atoms with Gasteiger partial charge in [-0.1, -0.05) is 12.1 Å². The van der Waals surface area contributed by atoms with Crippen LogP contribution in [0.1, 0.15) is 39.5 Å². The van der Waals surface area contributed by atoms with Crippen LogP contribution in [-0.4, -0.2) is 35.3 Å². The van der Waals surface area contributed by atoms with Gasteiger partial charge in [0, 0.05) is 35.3 Å². The minimum absolute atomic E-state index is 0.00137. The summed E-state index contributed by atoms with van der Waals surface area (Å²) in [5.74, 6) is 1.18. The lowest BCUT2D eigenvalue weighted by Crippen LogP contribution is -2.30. The number of amides is 2. The molecule has 0 saturated heterocycles. The van der Waals surface area contributed by atoms with Crippen molar-refractivity contribution in [3.05, 3.63) is 42.5 Å². The fraction of sp³-hybridized carbons (Fsp3) is 0.407. The number of carbonyl (C=O) groups excluding carboxylic acids is 2. The van der Waals surface area contributed by atoms with Gasteiger partial charge in [-0.25, -0.2) is 4.79 Å². The number of nitrogens with one attached hydrogen (secondary N) is 2. The summed E-state index contributed by atoms with van der Waals surface area (Å²) in [6.07, 6.45) is 3.84. The Balaban J connectivity index is 1.41. The minimum Gasteiger partial charge on any atom is -0.484 e. The lowest BCUT2D eigenvalue weighted by molar-refractivity contribution is -0.123. The summed E-state index contributed by atoms with van der Waals surface area (Å²) < 4.78 is 13.2. The molecule has 5 rings (SSSR count). The SMILES string of the molecule is CC(C)OC(=O)Nc1ccc(-c2c(N)c3ccc(OCC(=O)NC4CC4)cc3n2CC2CC2)cc1. The van der Waals surface area contributed by atoms with Gasteiger partial charge in [0.15, 0.2) is 6.61 Å². The molecule has 1 aromatic heterocycles. The molecule has 2 aliphatic rings. The summed E-state index contributed by atoms with van der Waals surface area (Å²) in [4.78, 5) is 24.0. The molecule has 4 N–H and O–H groups in total. The topological polar surface area (TPSA) is 108 Å². The Kier molecular flexibility index (Phi) is 6.28. The Labute approximate surface area is 204 Å². The number of benzene rings is 2. The van der Waals surface area contributed by atoms with Crippen molar-refractivity contribution in [2.75, 3.05) is 17.7 Å². The van der Waals surface area contributed by atoms with Crippen LogP contribution in [0, 0.1) is 5.92 Å². The maximum atomic E-state index is 12.0. The van der Waals surface area contributed by atoms with Gasteiger partial charge in [0.05, 0.1) is 23.0 Å². The van der Waals surface area contributed by atoms with E-state index in [-0.39, 0.29) is 18.6 Å². The molecule has 0 spiro atoms. The number of aromatic nitrogens is 1. The molecule has 2 amide bonds. The van der Waals surface area contributed by atoms with E-state index in [1.807, 2.05) is 56.3 Å². The van der Waals surface area contributed by atoms with Crippen LogP contribution in [0.5, 0.6) is 5.75 Å². The first-order valence-electron chi connectivity index (χ1n) is 12.3. The highest BCUT2D eigenvalue weighted by Crippen LogP contribution is 2.41. The average molecular weight is 477 g/mol. The molecule has 8 heteroatoms. The smallest absolute Gasteiger partial charge is 0.411 e. The molecule has 0 radical (unpaired) electrons. The molecular formula is C27H32N4O4. The van der Waals surface area contributed by atoms with Gasteiger partial charge in [0.25, 0.3) is 5.91 Å². The number of ether oxygens (including phenoxy) is 2. The standard InChI is InChI=1S/C27H32N4O4/c1-16(2)35-27(33)30-20-7-5-18(6-8-20)26-25(28)22-12-11-21(34-15-24(32)29-19-9-10-19)13-23(22)31(26)14-17-3-4-17/h5-8,11-13,16-17,19H,3-4,9-10,14-15,28H2,1-2H3,(H,29,32)(H,30,33). The van der Waals surface area contributed by atoms with Crippen molar-refractivity contribution in [1.29, 1.82) is 0 Å². The molecule has 3 aromatic rings. The second-order valence-electron chi connectivity index (χ2n) is 9.78. The number of nitrogen functional groups attached to an aromatic ring is 1. The lowest BCUT2D eigenvalue weighted by Gasteiger charge is -2.13. The first kappa shape index (κ1) is 23.1. The normalized spacial score (nSPS) is 15.3. The molecule has 2 fully saturated rings. The summed E-state index contributed by atoms with van der Waals surface area (Å²) >= 11 is 0. The van der Waals surface area contributed by atoms with Gasteiger partial charge in [0.2, 0.25) is 0 Å². The zero-order valence-electron chi connectivity index (χ0n) is 20.2. The monoisotopic (exact) mass is 476 g/mol. The van der Waals surface area contributed by atoms with E-state index < -0.39 is 6.09 Å². The van der Waals surface area contributed by atoms with Crippen molar-refractivity contribution in [3.8, 4) is 17.0 Å². The van der Waals surface area contributed by atoms with E-state index >= 15 is 0 Å². The molecule has 2 aromatic carbocycles. The van der Waals surface area contributed by atoms with E-state index in [0.29, 0.717) is 29.1 Å². The molecule has 35 heavy (non-hydrogen) atoms. The number of rotatable bonds is 9. The number of nitrogens with zero attached hydrogens (tertiary/aromatic N) is 1. The quantitative estimate of drug-likeness (QED) is 0.407. The predicted molar refractivity (Wildman–Crippen MR) is 136 cm³/mol. The molecular weight excluding hydrogens is 444 g/mol. The summed E-state index contributed by atoms with van der Waals surface area (Å²) in [7, 11) is 0. The van der Waals surface area contributed by atoms with Gasteiger partial charge in [-0.05, 0) is 69.7 Å². The number of hydrogen-bond donors (Lipinski definition) is 3. The fourth-order valence-corrected chi connectivity index (χ4v) is 4.22. The number of carbonyl (C=O) groups is 2. The van der Waals surface area contributed by atoms with Crippen LogP contribution >= 0.6 is 0 Å². The van der Waals surface area contributed by atoms with Crippen molar-refractivity contribution < 1.29 is 19.1 Å². The highest BCUT2D eigenvalue weighted by atomic mass is 16.6. The van der Waals surface area contributed by atoms with E-state index in [1.165, 1.54) is 12.8 Å². The highest BCUT2D eigenvalue weighted by molar-refractivity contribution is 6.01. The Hall–Kier alpha value is -3.68. The van der Waals surface area contributed by atoms with Crippen LogP contribution in [0.3, 0.4) is 0 Å². The van der Waals surface area contributed by atoms with Crippen LogP contribution in [-0.2, 0) is 16.1 Å². The number of anilines is 2. The van der Waals surface area contributed by atoms with Crippen molar-refractivity contribution in [1.82, 2.24) is 9.88 Å². The first-order chi connectivity index (χ1) is 16.9. The molecule has 0 atom stereocenters. The molecule has 2 saturated carbocycles. The zero-order chi connectivity index (χ0) is 24.5. The molecule has 0 bridgehead atoms. The zero-order valence-corrected chi connectivity index (χ0v) is 20.2. The second-order valence-corrected chi connectivity index (χ2v) is 9.78. The minimum atomic E-state index is -0.478. The molecule has 184 valence electrons. The van der Waals surface area contributed by atoms with E-state index in [2.05, 4.69) is 15.2 Å². The maximum absolute atomic E-state index is 12.0. The van der Waals surface area contributed by atoms with E-state index in [9.17, 15) is 9.59 Å². The average Bonchev–Trinajstić information content (AvgIpc) is 3.74. The Morgan fingerprint density at radius 2 is 1.83 bits per heavy atom. The molecule has 1 heterocycles. The molecule has 0 aliphatic heterocycles. The Morgan fingerprint density at radius 1 is 1.09 bits per heavy atom. The van der Waals surface area contributed by atoms with Crippen LogP contribution in [0.15, 0.2) is 42.5 Å². The van der Waals surface area contributed by atoms with Gasteiger partial charge < -0.3 is 25.1 Å². The molecule has 8 nitrogen and oxygen atoms in total. The molecule has 2 aliphatic carbocycles. The van der Waals surface area contributed by atoms with Gasteiger partial charge in [-0.2, -0.15) is 0 Å². The van der Waals surface area contributed by atoms with Gasteiger partial charge >= 0.3 is 6.09 Å². The Bertz CT molecular complexity index is 1240. The fourth-order valence-electron chi connectivity index (χ4n) is 4.22. The second kappa shape index (κ2) is 9.52. The third-order valence-corrected chi connectivity index (χ3v) is 6.27. The van der Waals surface area contributed by atoms with Crippen molar-refractivity contribution >= 4 is 34.3 Å². The van der Waals surface area contributed by atoms with Crippen LogP contribution in [0.25, 0.3) is 22.2 Å². The number of nitrogens with two attached hydrogens (primary N) is 1. The predicted octanol–water partition coefficient (Wildman–Crippen LogP) is 4.91. The van der Waals surface area contributed by atoms with Crippen molar-refractivity contribution in [2.24, 2.45) is 5.92 Å². The van der Waals surface area contributed by atoms with Gasteiger partial charge in [-0.15, -0.1) is 0 Å². The van der Waals surface area contributed by atoms with E-state index in [0.717, 1.165) is 41.5 Å². The highest BCUT2D eigenvalue weighted by Gasteiger charge is 2.26. The van der Waals surface area contributed by atoms with Crippen molar-refractivity contribution in [2.45, 2.75) is 58.2 Å². The maximum Gasteiger partial charge on any atom is 0.411 e. The van der Waals surface area contributed by atoms with Crippen LogP contribution in [0.4, 0.5) is 16.2 Å². The summed E-state index contributed by atoms with van der Waals surface area (Å²) in [5, 5.41) is 6.65. The van der Waals surface area contributed by atoms with E-state index in [1.54, 1.807) is 0 Å². The third kappa shape index (κ3) is 5.53. The first-order valence-corrected chi connectivity index (χ1v) is 12.3. The van der Waals surface area contributed by atoms with Crippen molar-refractivity contribution in [3.63, 3.8) is 0 Å².